The number of hydrogen-bond donors (Lipinski definition) is 0. The Hall–Kier alpha value is -2.96. The van der Waals surface area contributed by atoms with Crippen molar-refractivity contribution in [2.75, 3.05) is 7.11 Å². The van der Waals surface area contributed by atoms with Crippen molar-refractivity contribution in [3.05, 3.63) is 48.2 Å². The van der Waals surface area contributed by atoms with Crippen LogP contribution in [-0.2, 0) is 13.5 Å². The fourth-order valence-corrected chi connectivity index (χ4v) is 2.53. The minimum Gasteiger partial charge on any atom is -0.497 e. The molecule has 22 heavy (non-hydrogen) atoms. The average molecular weight is 294 g/mol. The summed E-state index contributed by atoms with van der Waals surface area (Å²) in [7, 11) is 3.52. The highest BCUT2D eigenvalue weighted by Crippen LogP contribution is 2.18. The van der Waals surface area contributed by atoms with E-state index in [1.165, 1.54) is 0 Å². The van der Waals surface area contributed by atoms with Crippen molar-refractivity contribution < 1.29 is 4.74 Å². The Bertz CT molecular complexity index is 953. The molecule has 0 saturated carbocycles. The van der Waals surface area contributed by atoms with Gasteiger partial charge in [0.25, 0.3) is 0 Å². The Labute approximate surface area is 126 Å². The van der Waals surface area contributed by atoms with E-state index >= 15 is 0 Å². The highest BCUT2D eigenvalue weighted by molar-refractivity contribution is 5.88. The molecule has 0 N–H and O–H groups in total. The molecule has 0 aliphatic carbocycles. The molecule has 0 spiro atoms. The molecule has 0 bridgehead atoms. The van der Waals surface area contributed by atoms with E-state index in [-0.39, 0.29) is 0 Å². The normalized spacial score (nSPS) is 11.4. The van der Waals surface area contributed by atoms with Crippen LogP contribution < -0.4 is 4.74 Å². The lowest BCUT2D eigenvalue weighted by molar-refractivity contribution is 0.414. The minimum absolute atomic E-state index is 0.679. The highest BCUT2D eigenvalue weighted by atomic mass is 16.5. The largest absolute Gasteiger partial charge is 0.497 e. The Morgan fingerprint density at radius 1 is 1.09 bits per heavy atom. The van der Waals surface area contributed by atoms with Crippen molar-refractivity contribution in [2.45, 2.75) is 6.42 Å². The van der Waals surface area contributed by atoms with E-state index in [0.29, 0.717) is 6.42 Å². The fraction of sp³-hybridized carbons (Fsp3) is 0.200. The van der Waals surface area contributed by atoms with Gasteiger partial charge in [0.15, 0.2) is 11.3 Å². The first-order valence-electron chi connectivity index (χ1n) is 6.89. The van der Waals surface area contributed by atoms with Crippen molar-refractivity contribution in [2.24, 2.45) is 7.05 Å². The van der Waals surface area contributed by atoms with Gasteiger partial charge in [0.1, 0.15) is 17.9 Å². The van der Waals surface area contributed by atoms with Crippen LogP contribution in [-0.4, -0.2) is 36.5 Å². The molecule has 1 aromatic carbocycles. The first-order chi connectivity index (χ1) is 10.8. The van der Waals surface area contributed by atoms with Crippen LogP contribution in [0.5, 0.6) is 5.75 Å². The maximum Gasteiger partial charge on any atom is 0.174 e. The second-order valence-electron chi connectivity index (χ2n) is 5.08. The number of rotatable bonds is 3. The van der Waals surface area contributed by atoms with Crippen LogP contribution in [0, 0.1) is 0 Å². The van der Waals surface area contributed by atoms with Gasteiger partial charge in [0.05, 0.1) is 18.7 Å². The molecule has 7 nitrogen and oxygen atoms in total. The molecule has 110 valence electrons. The number of aromatic nitrogens is 6. The van der Waals surface area contributed by atoms with Gasteiger partial charge < -0.3 is 4.74 Å². The summed E-state index contributed by atoms with van der Waals surface area (Å²) in [6, 6.07) is 7.93. The van der Waals surface area contributed by atoms with E-state index in [1.54, 1.807) is 24.3 Å². The summed E-state index contributed by atoms with van der Waals surface area (Å²) in [5.41, 5.74) is 2.72. The molecule has 0 atom stereocenters. The molecule has 4 aromatic rings. The lowest BCUT2D eigenvalue weighted by Gasteiger charge is -2.03. The van der Waals surface area contributed by atoms with Gasteiger partial charge in [-0.05, 0) is 17.7 Å². The third-order valence-electron chi connectivity index (χ3n) is 3.73. The molecule has 0 aliphatic heterocycles. The lowest BCUT2D eigenvalue weighted by Crippen LogP contribution is -1.99. The SMILES string of the molecule is COc1ccc(Cc2nnc3c4cnn(C)c4ncn23)cc1. The molecule has 3 heterocycles. The van der Waals surface area contributed by atoms with Crippen LogP contribution in [0.3, 0.4) is 0 Å². The molecule has 7 heteroatoms. The van der Waals surface area contributed by atoms with Crippen LogP contribution in [0.15, 0.2) is 36.8 Å². The van der Waals surface area contributed by atoms with Crippen molar-refractivity contribution in [1.29, 1.82) is 0 Å². The van der Waals surface area contributed by atoms with Crippen molar-refractivity contribution >= 4 is 16.7 Å². The fourth-order valence-electron chi connectivity index (χ4n) is 2.53. The number of ether oxygens (including phenoxy) is 1. The van der Waals surface area contributed by atoms with Gasteiger partial charge in [-0.3, -0.25) is 9.08 Å². The van der Waals surface area contributed by atoms with Gasteiger partial charge in [0.2, 0.25) is 0 Å². The predicted octanol–water partition coefficient (Wildman–Crippen LogP) is 1.61. The molecule has 0 saturated heterocycles. The zero-order valence-electron chi connectivity index (χ0n) is 12.3. The molecule has 0 fully saturated rings. The standard InChI is InChI=1S/C15H14N6O/c1-20-14-12(8-17-20)15-19-18-13(21(15)9-16-14)7-10-3-5-11(22-2)6-4-10/h3-6,8-9H,7H2,1-2H3. The molecular weight excluding hydrogens is 280 g/mol. The van der Waals surface area contributed by atoms with E-state index in [0.717, 1.165) is 33.8 Å². The summed E-state index contributed by atoms with van der Waals surface area (Å²) in [4.78, 5) is 4.43. The average Bonchev–Trinajstić information content (AvgIpc) is 3.12. The topological polar surface area (TPSA) is 70.1 Å². The summed E-state index contributed by atoms with van der Waals surface area (Å²) in [5, 5.41) is 13.7. The zero-order valence-corrected chi connectivity index (χ0v) is 12.3. The van der Waals surface area contributed by atoms with Crippen molar-refractivity contribution in [3.8, 4) is 5.75 Å². The van der Waals surface area contributed by atoms with Gasteiger partial charge in [0, 0.05) is 13.5 Å². The molecule has 0 amide bonds. The molecule has 4 rings (SSSR count). The summed E-state index contributed by atoms with van der Waals surface area (Å²) in [6.45, 7) is 0. The number of methoxy groups -OCH3 is 1. The minimum atomic E-state index is 0.679. The summed E-state index contributed by atoms with van der Waals surface area (Å²) in [5.74, 6) is 1.69. The summed E-state index contributed by atoms with van der Waals surface area (Å²) < 4.78 is 8.81. The van der Waals surface area contributed by atoms with E-state index in [4.69, 9.17) is 4.74 Å². The van der Waals surface area contributed by atoms with Crippen LogP contribution in [0.25, 0.3) is 16.7 Å². The van der Waals surface area contributed by atoms with Crippen LogP contribution >= 0.6 is 0 Å². The van der Waals surface area contributed by atoms with Gasteiger partial charge in [-0.25, -0.2) is 4.98 Å². The van der Waals surface area contributed by atoms with Crippen molar-refractivity contribution in [1.82, 2.24) is 29.4 Å². The molecule has 0 radical (unpaired) electrons. The Morgan fingerprint density at radius 2 is 1.91 bits per heavy atom. The van der Waals surface area contributed by atoms with Gasteiger partial charge in [-0.1, -0.05) is 12.1 Å². The van der Waals surface area contributed by atoms with Gasteiger partial charge in [-0.15, -0.1) is 10.2 Å². The molecule has 0 unspecified atom stereocenters. The number of aryl methyl sites for hydroxylation is 1. The second kappa shape index (κ2) is 4.80. The van der Waals surface area contributed by atoms with E-state index in [1.807, 2.05) is 35.7 Å². The number of hydrogen-bond acceptors (Lipinski definition) is 5. The van der Waals surface area contributed by atoms with E-state index in [2.05, 4.69) is 20.3 Å². The Balaban J connectivity index is 1.76. The highest BCUT2D eigenvalue weighted by Gasteiger charge is 2.12. The van der Waals surface area contributed by atoms with Gasteiger partial charge >= 0.3 is 0 Å². The quantitative estimate of drug-likeness (QED) is 0.574. The smallest absolute Gasteiger partial charge is 0.174 e. The number of nitrogens with zero attached hydrogens (tertiary/aromatic N) is 6. The van der Waals surface area contributed by atoms with Crippen LogP contribution in [0.4, 0.5) is 0 Å². The first-order valence-corrected chi connectivity index (χ1v) is 6.89. The third kappa shape index (κ3) is 1.90. The van der Waals surface area contributed by atoms with E-state index < -0.39 is 0 Å². The summed E-state index contributed by atoms with van der Waals surface area (Å²) >= 11 is 0. The molecular formula is C15H14N6O. The maximum absolute atomic E-state index is 5.17. The van der Waals surface area contributed by atoms with Crippen LogP contribution in [0.2, 0.25) is 0 Å². The van der Waals surface area contributed by atoms with Crippen molar-refractivity contribution in [3.63, 3.8) is 0 Å². The third-order valence-corrected chi connectivity index (χ3v) is 3.73. The van der Waals surface area contributed by atoms with Gasteiger partial charge in [-0.2, -0.15) is 5.10 Å². The Kier molecular flexibility index (Phi) is 2.78. The molecule has 0 aliphatic rings. The first kappa shape index (κ1) is 12.8. The maximum atomic E-state index is 5.17. The number of benzene rings is 1. The number of fused-ring (bicyclic) bond motifs is 3. The predicted molar refractivity (Wildman–Crippen MR) is 80.9 cm³/mol. The monoisotopic (exact) mass is 294 g/mol. The van der Waals surface area contributed by atoms with Crippen LogP contribution in [0.1, 0.15) is 11.4 Å². The molecule has 3 aromatic heterocycles. The summed E-state index contributed by atoms with van der Waals surface area (Å²) in [6.07, 6.45) is 4.19. The lowest BCUT2D eigenvalue weighted by atomic mass is 10.1. The van der Waals surface area contributed by atoms with E-state index in [9.17, 15) is 0 Å². The zero-order chi connectivity index (χ0) is 15.1. The Morgan fingerprint density at radius 3 is 2.68 bits per heavy atom. The second-order valence-corrected chi connectivity index (χ2v) is 5.08.